The summed E-state index contributed by atoms with van der Waals surface area (Å²) in [5.41, 5.74) is 1.53. The molecule has 2 heteroatoms. The zero-order valence-electron chi connectivity index (χ0n) is 15.5. The largest absolute Gasteiger partial charge is 1.00 e. The van der Waals surface area contributed by atoms with Crippen LogP contribution in [-0.4, -0.2) is 0 Å². The number of hydrogen-bond acceptors (Lipinski definition) is 0. The van der Waals surface area contributed by atoms with Gasteiger partial charge in [-0.3, -0.25) is 0 Å². The van der Waals surface area contributed by atoms with Gasteiger partial charge in [-0.1, -0.05) is 77.7 Å². The monoisotopic (exact) mass is 383 g/mol. The van der Waals surface area contributed by atoms with Gasteiger partial charge in [0.15, 0.2) is 11.9 Å². The quantitative estimate of drug-likeness (QED) is 0.343. The maximum absolute atomic E-state index is 2.49. The van der Waals surface area contributed by atoms with Crippen LogP contribution in [-0.2, 0) is 13.0 Å². The molecule has 0 bridgehead atoms. The van der Waals surface area contributed by atoms with E-state index in [1.165, 1.54) is 95.7 Å². The summed E-state index contributed by atoms with van der Waals surface area (Å²) in [6.45, 7) is 5.78. The molecule has 1 rings (SSSR count). The van der Waals surface area contributed by atoms with Crippen molar-refractivity contribution in [3.05, 3.63) is 30.1 Å². The second-order valence-electron chi connectivity index (χ2n) is 6.67. The Labute approximate surface area is 155 Å². The third-order valence-corrected chi connectivity index (χ3v) is 4.57. The Kier molecular flexibility index (Phi) is 16.2. The van der Waals surface area contributed by atoms with Crippen LogP contribution in [0.4, 0.5) is 0 Å². The van der Waals surface area contributed by atoms with Gasteiger partial charge in [0.2, 0.25) is 0 Å². The molecule has 0 spiro atoms. The summed E-state index contributed by atoms with van der Waals surface area (Å²) in [6.07, 6.45) is 20.2. The number of nitrogens with zero attached hydrogens (tertiary/aromatic N) is 1. The molecule has 0 aromatic carbocycles. The molecule has 0 N–H and O–H groups in total. The van der Waals surface area contributed by atoms with Crippen molar-refractivity contribution >= 4 is 0 Å². The predicted octanol–water partition coefficient (Wildman–Crippen LogP) is 3.24. The van der Waals surface area contributed by atoms with E-state index in [1.807, 2.05) is 0 Å². The lowest BCUT2D eigenvalue weighted by molar-refractivity contribution is -0.704. The Morgan fingerprint density at radius 3 is 1.91 bits per heavy atom. The van der Waals surface area contributed by atoms with Gasteiger partial charge in [0.1, 0.15) is 6.54 Å². The molecule has 0 radical (unpaired) electrons. The van der Waals surface area contributed by atoms with E-state index in [0.29, 0.717) is 0 Å². The van der Waals surface area contributed by atoms with E-state index >= 15 is 0 Å². The van der Waals surface area contributed by atoms with Gasteiger partial charge in [-0.25, -0.2) is 4.57 Å². The van der Waals surface area contributed by atoms with Crippen molar-refractivity contribution < 1.29 is 21.5 Å². The summed E-state index contributed by atoms with van der Waals surface area (Å²) in [6, 6.07) is 6.70. The van der Waals surface area contributed by atoms with Crippen molar-refractivity contribution in [1.29, 1.82) is 0 Å². The van der Waals surface area contributed by atoms with Gasteiger partial charge < -0.3 is 17.0 Å². The van der Waals surface area contributed by atoms with Crippen molar-refractivity contribution in [3.8, 4) is 0 Å². The van der Waals surface area contributed by atoms with Crippen molar-refractivity contribution in [2.45, 2.75) is 104 Å². The first-order valence-corrected chi connectivity index (χ1v) is 9.85. The molecule has 0 saturated heterocycles. The van der Waals surface area contributed by atoms with Crippen LogP contribution in [0.2, 0.25) is 0 Å². The number of halogens is 1. The number of pyridine rings is 1. The lowest BCUT2D eigenvalue weighted by Gasteiger charge is -2.05. The van der Waals surface area contributed by atoms with Crippen LogP contribution < -0.4 is 21.5 Å². The van der Waals surface area contributed by atoms with Gasteiger partial charge in [0.05, 0.1) is 0 Å². The first-order chi connectivity index (χ1) is 10.9. The van der Waals surface area contributed by atoms with Crippen molar-refractivity contribution in [2.75, 3.05) is 0 Å². The Morgan fingerprint density at radius 1 is 0.696 bits per heavy atom. The average molecular weight is 384 g/mol. The van der Waals surface area contributed by atoms with Crippen molar-refractivity contribution in [2.24, 2.45) is 0 Å². The summed E-state index contributed by atoms with van der Waals surface area (Å²) in [7, 11) is 0. The molecular formula is C21H38BrN. The summed E-state index contributed by atoms with van der Waals surface area (Å²) in [5, 5.41) is 0. The normalized spacial score (nSPS) is 10.5. The molecule has 0 fully saturated rings. The van der Waals surface area contributed by atoms with Gasteiger partial charge in [-0.15, -0.1) is 0 Å². The fraction of sp³-hybridized carbons (Fsp3) is 0.762. The molecule has 1 heterocycles. The Morgan fingerprint density at radius 2 is 1.26 bits per heavy atom. The van der Waals surface area contributed by atoms with E-state index < -0.39 is 0 Å². The highest BCUT2D eigenvalue weighted by molar-refractivity contribution is 4.97. The molecule has 1 aromatic heterocycles. The van der Waals surface area contributed by atoms with Gasteiger partial charge in [-0.2, -0.15) is 0 Å². The van der Waals surface area contributed by atoms with Gasteiger partial charge in [0, 0.05) is 25.0 Å². The van der Waals surface area contributed by atoms with Crippen LogP contribution in [0.3, 0.4) is 0 Å². The number of aryl methyl sites for hydroxylation is 2. The molecule has 0 aliphatic heterocycles. The van der Waals surface area contributed by atoms with E-state index in [0.717, 1.165) is 0 Å². The summed E-state index contributed by atoms with van der Waals surface area (Å²) in [4.78, 5) is 0. The third kappa shape index (κ3) is 11.8. The molecule has 23 heavy (non-hydrogen) atoms. The molecule has 0 atom stereocenters. The van der Waals surface area contributed by atoms with E-state index in [-0.39, 0.29) is 17.0 Å². The zero-order chi connectivity index (χ0) is 15.9. The minimum Gasteiger partial charge on any atom is -1.00 e. The standard InChI is InChI=1S/C21H38N.BrH/c1-3-5-7-9-11-13-17-21-18-14-16-20-22(21)19-15-12-10-8-6-4-2;/h14,16,18,20H,3-13,15,17,19H2,1-2H3;1H/q+1;/p-1. The zero-order valence-corrected chi connectivity index (χ0v) is 17.1. The van der Waals surface area contributed by atoms with Crippen molar-refractivity contribution in [1.82, 2.24) is 0 Å². The molecule has 0 aliphatic rings. The third-order valence-electron chi connectivity index (χ3n) is 4.57. The summed E-state index contributed by atoms with van der Waals surface area (Å²) in [5.74, 6) is 0. The maximum Gasteiger partial charge on any atom is 0.181 e. The fourth-order valence-electron chi connectivity index (χ4n) is 3.11. The lowest BCUT2D eigenvalue weighted by Crippen LogP contribution is -3.00. The highest BCUT2D eigenvalue weighted by atomic mass is 79.9. The van der Waals surface area contributed by atoms with Gasteiger partial charge in [-0.05, 0) is 12.8 Å². The second kappa shape index (κ2) is 16.5. The van der Waals surface area contributed by atoms with Crippen LogP contribution in [0.5, 0.6) is 0 Å². The highest BCUT2D eigenvalue weighted by Crippen LogP contribution is 2.09. The Balaban J connectivity index is 0.00000484. The Hall–Kier alpha value is -0.370. The van der Waals surface area contributed by atoms with E-state index in [4.69, 9.17) is 0 Å². The summed E-state index contributed by atoms with van der Waals surface area (Å²) < 4.78 is 2.49. The van der Waals surface area contributed by atoms with E-state index in [2.05, 4.69) is 42.8 Å². The van der Waals surface area contributed by atoms with Crippen LogP contribution in [0.25, 0.3) is 0 Å². The molecule has 134 valence electrons. The van der Waals surface area contributed by atoms with Crippen LogP contribution in [0.1, 0.15) is 96.6 Å². The molecule has 1 nitrogen and oxygen atoms in total. The molecule has 0 saturated carbocycles. The predicted molar refractivity (Wildman–Crippen MR) is 97.1 cm³/mol. The highest BCUT2D eigenvalue weighted by Gasteiger charge is 2.08. The Bertz CT molecular complexity index is 330. The first-order valence-electron chi connectivity index (χ1n) is 9.85. The first kappa shape index (κ1) is 22.6. The number of rotatable bonds is 14. The molecule has 1 aromatic rings. The lowest BCUT2D eigenvalue weighted by atomic mass is 10.1. The maximum atomic E-state index is 2.49. The van der Waals surface area contributed by atoms with Gasteiger partial charge in [0.25, 0.3) is 0 Å². The van der Waals surface area contributed by atoms with Crippen LogP contribution in [0.15, 0.2) is 24.4 Å². The van der Waals surface area contributed by atoms with Crippen LogP contribution in [0, 0.1) is 0 Å². The van der Waals surface area contributed by atoms with Crippen molar-refractivity contribution in [3.63, 3.8) is 0 Å². The molecule has 0 unspecified atom stereocenters. The number of unbranched alkanes of at least 4 members (excludes halogenated alkanes) is 10. The van der Waals surface area contributed by atoms with Gasteiger partial charge >= 0.3 is 0 Å². The van der Waals surface area contributed by atoms with E-state index in [9.17, 15) is 0 Å². The van der Waals surface area contributed by atoms with Crippen LogP contribution >= 0.6 is 0 Å². The number of aromatic nitrogens is 1. The van der Waals surface area contributed by atoms with E-state index in [1.54, 1.807) is 0 Å². The SMILES string of the molecule is CCCCCCCCc1cccc[n+]1CCCCCCCC.[Br-]. The summed E-state index contributed by atoms with van der Waals surface area (Å²) >= 11 is 0. The molecule has 0 aliphatic carbocycles. The fourth-order valence-corrected chi connectivity index (χ4v) is 3.11. The smallest absolute Gasteiger partial charge is 0.181 e. The topological polar surface area (TPSA) is 3.88 Å². The molecule has 0 amide bonds. The minimum atomic E-state index is 0. The minimum absolute atomic E-state index is 0. The average Bonchev–Trinajstić information content (AvgIpc) is 2.55. The molecular weight excluding hydrogens is 346 g/mol. The number of hydrogen-bond donors (Lipinski definition) is 0. The second-order valence-corrected chi connectivity index (χ2v) is 6.67.